The minimum atomic E-state index is -0.294. The molecule has 1 aromatic carbocycles. The van der Waals surface area contributed by atoms with E-state index in [-0.39, 0.29) is 5.91 Å². The molecule has 0 aliphatic rings. The number of hydrogen-bond acceptors (Lipinski definition) is 3. The molecule has 3 aromatic heterocycles. The molecule has 1 amide bonds. The molecule has 21 heavy (non-hydrogen) atoms. The fourth-order valence-corrected chi connectivity index (χ4v) is 2.24. The van der Waals surface area contributed by atoms with Crippen LogP contribution in [0, 0.1) is 0 Å². The van der Waals surface area contributed by atoms with E-state index in [1.54, 1.807) is 12.4 Å². The number of carbonyl (C=O) groups excluding carboxylic acids is 1. The Bertz CT molecular complexity index is 920. The molecular formula is C15H11N5O. The van der Waals surface area contributed by atoms with Crippen LogP contribution in [-0.4, -0.2) is 25.3 Å². The van der Waals surface area contributed by atoms with Crippen LogP contribution in [0.2, 0.25) is 0 Å². The van der Waals surface area contributed by atoms with E-state index in [1.807, 2.05) is 47.0 Å². The van der Waals surface area contributed by atoms with Crippen LogP contribution in [0.15, 0.2) is 55.0 Å². The topological polar surface area (TPSA) is 75.1 Å². The van der Waals surface area contributed by atoms with E-state index in [9.17, 15) is 4.79 Å². The van der Waals surface area contributed by atoms with E-state index < -0.39 is 0 Å². The third-order valence-corrected chi connectivity index (χ3v) is 3.27. The highest BCUT2D eigenvalue weighted by Crippen LogP contribution is 2.14. The summed E-state index contributed by atoms with van der Waals surface area (Å²) < 4.78 is 1.85. The number of nitrogens with one attached hydrogen (secondary N) is 2. The van der Waals surface area contributed by atoms with Crippen LogP contribution in [0.25, 0.3) is 16.6 Å². The minimum Gasteiger partial charge on any atom is -0.324 e. The number of rotatable bonds is 2. The van der Waals surface area contributed by atoms with Gasteiger partial charge in [0.2, 0.25) is 5.95 Å². The Morgan fingerprint density at radius 2 is 2.10 bits per heavy atom. The van der Waals surface area contributed by atoms with Gasteiger partial charge in [-0.15, -0.1) is 0 Å². The summed E-state index contributed by atoms with van der Waals surface area (Å²) >= 11 is 0. The Kier molecular flexibility index (Phi) is 2.47. The molecule has 0 bridgehead atoms. The average Bonchev–Trinajstić information content (AvgIpc) is 3.11. The van der Waals surface area contributed by atoms with Crippen molar-refractivity contribution in [3.8, 4) is 0 Å². The predicted molar refractivity (Wildman–Crippen MR) is 79.2 cm³/mol. The van der Waals surface area contributed by atoms with E-state index in [0.29, 0.717) is 11.6 Å². The molecule has 102 valence electrons. The summed E-state index contributed by atoms with van der Waals surface area (Å²) in [5.41, 5.74) is 2.95. The molecule has 4 rings (SSSR count). The number of nitrogens with zero attached hydrogens (tertiary/aromatic N) is 3. The van der Waals surface area contributed by atoms with Gasteiger partial charge in [-0.05, 0) is 30.3 Å². The highest BCUT2D eigenvalue weighted by Gasteiger charge is 2.11. The van der Waals surface area contributed by atoms with Crippen LogP contribution in [0.4, 0.5) is 5.95 Å². The lowest BCUT2D eigenvalue weighted by molar-refractivity contribution is 0.102. The van der Waals surface area contributed by atoms with Crippen molar-refractivity contribution < 1.29 is 4.79 Å². The second-order valence-electron chi connectivity index (χ2n) is 4.67. The van der Waals surface area contributed by atoms with Crippen molar-refractivity contribution in [2.24, 2.45) is 0 Å². The number of aromatic nitrogens is 4. The largest absolute Gasteiger partial charge is 0.324 e. The summed E-state index contributed by atoms with van der Waals surface area (Å²) in [6, 6.07) is 13.1. The number of amides is 1. The van der Waals surface area contributed by atoms with Crippen LogP contribution in [0.3, 0.4) is 0 Å². The van der Waals surface area contributed by atoms with Gasteiger partial charge in [-0.1, -0.05) is 12.1 Å². The lowest BCUT2D eigenvalue weighted by Crippen LogP contribution is -2.14. The van der Waals surface area contributed by atoms with Gasteiger partial charge in [-0.25, -0.2) is 9.97 Å². The Morgan fingerprint density at radius 3 is 3.00 bits per heavy atom. The standard InChI is InChI=1S/C15H11N5O/c21-14(13-8-10-4-3-7-20(10)9-16-13)19-15-17-11-5-1-2-6-12(11)18-15/h1-9H,(H2,17,18,19,21). The zero-order valence-corrected chi connectivity index (χ0v) is 10.9. The van der Waals surface area contributed by atoms with Crippen molar-refractivity contribution in [1.29, 1.82) is 0 Å². The Balaban J connectivity index is 1.64. The Labute approximate surface area is 119 Å². The number of aromatic amines is 1. The molecule has 0 spiro atoms. The number of anilines is 1. The highest BCUT2D eigenvalue weighted by atomic mass is 16.2. The number of hydrogen-bond donors (Lipinski definition) is 2. The van der Waals surface area contributed by atoms with Crippen molar-refractivity contribution in [3.05, 3.63) is 60.7 Å². The van der Waals surface area contributed by atoms with E-state index >= 15 is 0 Å². The van der Waals surface area contributed by atoms with Crippen LogP contribution in [0.1, 0.15) is 10.5 Å². The smallest absolute Gasteiger partial charge is 0.276 e. The zero-order chi connectivity index (χ0) is 14.2. The van der Waals surface area contributed by atoms with Crippen LogP contribution in [0.5, 0.6) is 0 Å². The first-order valence-corrected chi connectivity index (χ1v) is 6.48. The molecule has 0 radical (unpaired) electrons. The van der Waals surface area contributed by atoms with Gasteiger partial charge < -0.3 is 9.38 Å². The molecule has 3 heterocycles. The third-order valence-electron chi connectivity index (χ3n) is 3.27. The molecule has 0 aliphatic carbocycles. The fraction of sp³-hybridized carbons (Fsp3) is 0. The number of carbonyl (C=O) groups is 1. The Morgan fingerprint density at radius 1 is 1.19 bits per heavy atom. The van der Waals surface area contributed by atoms with Gasteiger partial charge in [0.25, 0.3) is 5.91 Å². The molecular weight excluding hydrogens is 266 g/mol. The number of H-pyrrole nitrogens is 1. The summed E-state index contributed by atoms with van der Waals surface area (Å²) in [5.74, 6) is 0.121. The molecule has 0 atom stereocenters. The summed E-state index contributed by atoms with van der Waals surface area (Å²) in [6.45, 7) is 0. The molecule has 0 aliphatic heterocycles. The van der Waals surface area contributed by atoms with Crippen molar-refractivity contribution >= 4 is 28.4 Å². The van der Waals surface area contributed by atoms with Crippen molar-refractivity contribution in [2.45, 2.75) is 0 Å². The Hall–Kier alpha value is -3.15. The monoisotopic (exact) mass is 277 g/mol. The first-order valence-electron chi connectivity index (χ1n) is 6.48. The van der Waals surface area contributed by atoms with Crippen LogP contribution in [-0.2, 0) is 0 Å². The molecule has 0 fully saturated rings. The lowest BCUT2D eigenvalue weighted by atomic mass is 10.3. The zero-order valence-electron chi connectivity index (χ0n) is 10.9. The summed E-state index contributed by atoms with van der Waals surface area (Å²) in [7, 11) is 0. The first kappa shape index (κ1) is 11.7. The summed E-state index contributed by atoms with van der Waals surface area (Å²) in [5, 5.41) is 2.73. The first-order chi connectivity index (χ1) is 10.3. The molecule has 6 heteroatoms. The highest BCUT2D eigenvalue weighted by molar-refractivity contribution is 6.03. The van der Waals surface area contributed by atoms with Crippen LogP contribution >= 0.6 is 0 Å². The third kappa shape index (κ3) is 2.02. The summed E-state index contributed by atoms with van der Waals surface area (Å²) in [4.78, 5) is 23.7. The van der Waals surface area contributed by atoms with Crippen molar-refractivity contribution in [1.82, 2.24) is 19.4 Å². The second kappa shape index (κ2) is 4.45. The maximum absolute atomic E-state index is 12.2. The minimum absolute atomic E-state index is 0.294. The van der Waals surface area contributed by atoms with E-state index in [0.717, 1.165) is 16.6 Å². The number of fused-ring (bicyclic) bond motifs is 2. The van der Waals surface area contributed by atoms with Gasteiger partial charge in [-0.2, -0.15) is 0 Å². The van der Waals surface area contributed by atoms with Crippen LogP contribution < -0.4 is 5.32 Å². The quantitative estimate of drug-likeness (QED) is 0.591. The SMILES string of the molecule is O=C(Nc1nc2ccccc2[nH]1)c1cc2cccn2cn1. The van der Waals surface area contributed by atoms with Crippen molar-refractivity contribution in [2.75, 3.05) is 5.32 Å². The second-order valence-corrected chi connectivity index (χ2v) is 4.67. The average molecular weight is 277 g/mol. The van der Waals surface area contributed by atoms with Gasteiger partial charge in [0.1, 0.15) is 5.69 Å². The molecule has 0 saturated heterocycles. The fourth-order valence-electron chi connectivity index (χ4n) is 2.24. The lowest BCUT2D eigenvalue weighted by Gasteiger charge is -2.02. The van der Waals surface area contributed by atoms with E-state index in [1.165, 1.54) is 0 Å². The maximum atomic E-state index is 12.2. The number of benzene rings is 1. The van der Waals surface area contributed by atoms with Gasteiger partial charge in [0, 0.05) is 11.7 Å². The van der Waals surface area contributed by atoms with Gasteiger partial charge >= 0.3 is 0 Å². The van der Waals surface area contributed by atoms with E-state index in [4.69, 9.17) is 0 Å². The normalized spacial score (nSPS) is 11.0. The number of imidazole rings is 1. The van der Waals surface area contributed by atoms with E-state index in [2.05, 4.69) is 20.3 Å². The molecule has 6 nitrogen and oxygen atoms in total. The van der Waals surface area contributed by atoms with Gasteiger partial charge in [0.05, 0.1) is 17.4 Å². The van der Waals surface area contributed by atoms with Gasteiger partial charge in [-0.3, -0.25) is 10.1 Å². The van der Waals surface area contributed by atoms with Gasteiger partial charge in [0.15, 0.2) is 0 Å². The molecule has 0 unspecified atom stereocenters. The molecule has 0 saturated carbocycles. The number of para-hydroxylation sites is 2. The molecule has 2 N–H and O–H groups in total. The van der Waals surface area contributed by atoms with Crippen molar-refractivity contribution in [3.63, 3.8) is 0 Å². The summed E-state index contributed by atoms with van der Waals surface area (Å²) in [6.07, 6.45) is 3.49. The predicted octanol–water partition coefficient (Wildman–Crippen LogP) is 2.46. The maximum Gasteiger partial charge on any atom is 0.276 e. The molecule has 4 aromatic rings.